The average Bonchev–Trinajstić information content (AvgIpc) is 3.33. The highest BCUT2D eigenvalue weighted by Gasteiger charge is 2.29. The lowest BCUT2D eigenvalue weighted by molar-refractivity contribution is 0.112. The lowest BCUT2D eigenvalue weighted by Crippen LogP contribution is -2.14. The van der Waals surface area contributed by atoms with Crippen molar-refractivity contribution < 1.29 is 13.2 Å². The maximum absolute atomic E-state index is 12.9. The Labute approximate surface area is 147 Å². The molecular formula is C20H19NO3S. The Hall–Kier alpha value is -2.40. The standard InChI is InChI=1S/C20H19NO3S/c1-14-11-18(16-7-8-16)19(12-22)17-9-10-21(20(14)17)25(23,24)13-15-5-3-2-4-6-15/h2-6,9-12,16H,7-8,13H2,1H3. The summed E-state index contributed by atoms with van der Waals surface area (Å²) in [7, 11) is -3.56. The van der Waals surface area contributed by atoms with Gasteiger partial charge in [0.25, 0.3) is 0 Å². The smallest absolute Gasteiger partial charge is 0.243 e. The molecule has 0 spiro atoms. The topological polar surface area (TPSA) is 56.1 Å². The third-order valence-corrected chi connectivity index (χ3v) is 6.43. The van der Waals surface area contributed by atoms with Crippen LogP contribution in [0, 0.1) is 6.92 Å². The number of aromatic nitrogens is 1. The Bertz CT molecular complexity index is 1060. The van der Waals surface area contributed by atoms with Crippen molar-refractivity contribution in [2.75, 3.05) is 0 Å². The number of hydrogen-bond donors (Lipinski definition) is 0. The first-order valence-corrected chi connectivity index (χ1v) is 9.99. The molecule has 25 heavy (non-hydrogen) atoms. The van der Waals surface area contributed by atoms with Gasteiger partial charge in [0.15, 0.2) is 6.29 Å². The van der Waals surface area contributed by atoms with E-state index in [9.17, 15) is 13.2 Å². The fraction of sp³-hybridized carbons (Fsp3) is 0.250. The van der Waals surface area contributed by atoms with E-state index in [0.29, 0.717) is 17.0 Å². The number of carbonyl (C=O) groups is 1. The molecule has 0 saturated heterocycles. The van der Waals surface area contributed by atoms with Crippen LogP contribution in [0.3, 0.4) is 0 Å². The molecule has 1 heterocycles. The van der Waals surface area contributed by atoms with Crippen LogP contribution in [0.5, 0.6) is 0 Å². The zero-order valence-electron chi connectivity index (χ0n) is 14.0. The Kier molecular flexibility index (Phi) is 3.76. The van der Waals surface area contributed by atoms with Gasteiger partial charge in [-0.3, -0.25) is 4.79 Å². The molecule has 1 aliphatic carbocycles. The van der Waals surface area contributed by atoms with Crippen molar-refractivity contribution in [3.63, 3.8) is 0 Å². The van der Waals surface area contributed by atoms with Crippen molar-refractivity contribution in [2.24, 2.45) is 0 Å². The van der Waals surface area contributed by atoms with Crippen LogP contribution in [0.15, 0.2) is 48.7 Å². The predicted molar refractivity (Wildman–Crippen MR) is 98.5 cm³/mol. The first-order chi connectivity index (χ1) is 12.0. The van der Waals surface area contributed by atoms with Crippen LogP contribution in [0.4, 0.5) is 0 Å². The summed E-state index contributed by atoms with van der Waals surface area (Å²) in [6, 6.07) is 12.9. The number of nitrogens with zero attached hydrogens (tertiary/aromatic N) is 1. The Morgan fingerprint density at radius 3 is 2.52 bits per heavy atom. The molecule has 0 radical (unpaired) electrons. The summed E-state index contributed by atoms with van der Waals surface area (Å²) in [6.07, 6.45) is 4.63. The summed E-state index contributed by atoms with van der Waals surface area (Å²) < 4.78 is 27.2. The lowest BCUT2D eigenvalue weighted by atomic mass is 9.97. The maximum atomic E-state index is 12.9. The summed E-state index contributed by atoms with van der Waals surface area (Å²) in [5.74, 6) is 0.366. The Balaban J connectivity index is 1.87. The van der Waals surface area contributed by atoms with Gasteiger partial charge in [-0.25, -0.2) is 12.4 Å². The summed E-state index contributed by atoms with van der Waals surface area (Å²) in [6.45, 7) is 1.91. The number of aryl methyl sites for hydroxylation is 1. The number of benzene rings is 2. The van der Waals surface area contributed by atoms with Crippen molar-refractivity contribution in [1.29, 1.82) is 0 Å². The number of carbonyl (C=O) groups excluding carboxylic acids is 1. The summed E-state index contributed by atoms with van der Waals surface area (Å²) in [5, 5.41) is 0.730. The number of rotatable bonds is 5. The van der Waals surface area contributed by atoms with Gasteiger partial charge in [-0.1, -0.05) is 36.4 Å². The van der Waals surface area contributed by atoms with Crippen LogP contribution in [-0.2, 0) is 15.8 Å². The second-order valence-corrected chi connectivity index (χ2v) is 8.55. The van der Waals surface area contributed by atoms with Crippen molar-refractivity contribution >= 4 is 27.2 Å². The quantitative estimate of drug-likeness (QED) is 0.651. The fourth-order valence-corrected chi connectivity index (χ4v) is 5.02. The minimum atomic E-state index is -3.56. The first-order valence-electron chi connectivity index (χ1n) is 8.38. The highest BCUT2D eigenvalue weighted by molar-refractivity contribution is 7.89. The van der Waals surface area contributed by atoms with E-state index in [1.165, 1.54) is 3.97 Å². The summed E-state index contributed by atoms with van der Waals surface area (Å²) in [5.41, 5.74) is 3.94. The molecule has 1 fully saturated rings. The molecule has 1 aliphatic rings. The van der Waals surface area contributed by atoms with E-state index in [0.717, 1.165) is 41.2 Å². The molecular weight excluding hydrogens is 334 g/mol. The average molecular weight is 353 g/mol. The van der Waals surface area contributed by atoms with E-state index in [1.54, 1.807) is 24.4 Å². The monoisotopic (exact) mass is 353 g/mol. The van der Waals surface area contributed by atoms with Crippen LogP contribution in [0.2, 0.25) is 0 Å². The third kappa shape index (κ3) is 2.78. The highest BCUT2D eigenvalue weighted by atomic mass is 32.2. The van der Waals surface area contributed by atoms with E-state index in [4.69, 9.17) is 0 Å². The van der Waals surface area contributed by atoms with Gasteiger partial charge in [-0.15, -0.1) is 0 Å². The second-order valence-electron chi connectivity index (χ2n) is 6.70. The van der Waals surface area contributed by atoms with Crippen LogP contribution in [0.1, 0.15) is 45.8 Å². The van der Waals surface area contributed by atoms with Gasteiger partial charge in [-0.05, 0) is 48.4 Å². The SMILES string of the molecule is Cc1cc(C2CC2)c(C=O)c2ccn(S(=O)(=O)Cc3ccccc3)c12. The largest absolute Gasteiger partial charge is 0.298 e. The highest BCUT2D eigenvalue weighted by Crippen LogP contribution is 2.44. The number of hydrogen-bond acceptors (Lipinski definition) is 3. The number of fused-ring (bicyclic) bond motifs is 1. The molecule has 0 bridgehead atoms. The molecule has 0 N–H and O–H groups in total. The van der Waals surface area contributed by atoms with Gasteiger partial charge in [-0.2, -0.15) is 0 Å². The Morgan fingerprint density at radius 1 is 1.16 bits per heavy atom. The molecule has 4 rings (SSSR count). The van der Waals surface area contributed by atoms with E-state index in [-0.39, 0.29) is 5.75 Å². The Morgan fingerprint density at radius 2 is 1.88 bits per heavy atom. The molecule has 1 aromatic heterocycles. The molecule has 0 unspecified atom stereocenters. The zero-order chi connectivity index (χ0) is 17.6. The molecule has 1 saturated carbocycles. The van der Waals surface area contributed by atoms with Crippen LogP contribution >= 0.6 is 0 Å². The maximum Gasteiger partial charge on any atom is 0.243 e. The van der Waals surface area contributed by atoms with Gasteiger partial charge >= 0.3 is 0 Å². The zero-order valence-corrected chi connectivity index (χ0v) is 14.8. The van der Waals surface area contributed by atoms with Crippen molar-refractivity contribution in [3.8, 4) is 0 Å². The third-order valence-electron chi connectivity index (χ3n) is 4.83. The van der Waals surface area contributed by atoms with E-state index in [2.05, 4.69) is 0 Å². The first kappa shape index (κ1) is 16.1. The van der Waals surface area contributed by atoms with Crippen LogP contribution < -0.4 is 0 Å². The molecule has 4 nitrogen and oxygen atoms in total. The predicted octanol–water partition coefficient (Wildman–Crippen LogP) is 4.02. The molecule has 2 aromatic carbocycles. The normalized spacial score (nSPS) is 14.8. The fourth-order valence-electron chi connectivity index (χ4n) is 3.50. The van der Waals surface area contributed by atoms with Crippen LogP contribution in [-0.4, -0.2) is 18.7 Å². The molecule has 3 aromatic rings. The molecule has 5 heteroatoms. The van der Waals surface area contributed by atoms with Gasteiger partial charge in [0.1, 0.15) is 0 Å². The van der Waals surface area contributed by atoms with Crippen molar-refractivity contribution in [1.82, 2.24) is 3.97 Å². The molecule has 0 amide bonds. The molecule has 0 atom stereocenters. The molecule has 128 valence electrons. The van der Waals surface area contributed by atoms with Crippen LogP contribution in [0.25, 0.3) is 10.9 Å². The van der Waals surface area contributed by atoms with E-state index < -0.39 is 10.0 Å². The second kappa shape index (κ2) is 5.85. The van der Waals surface area contributed by atoms with Gasteiger partial charge in [0.2, 0.25) is 10.0 Å². The number of aldehydes is 1. The lowest BCUT2D eigenvalue weighted by Gasteiger charge is -2.12. The van der Waals surface area contributed by atoms with Crippen molar-refractivity contribution in [2.45, 2.75) is 31.4 Å². The minimum Gasteiger partial charge on any atom is -0.298 e. The van der Waals surface area contributed by atoms with E-state index in [1.807, 2.05) is 31.2 Å². The van der Waals surface area contributed by atoms with Gasteiger partial charge < -0.3 is 0 Å². The summed E-state index contributed by atoms with van der Waals surface area (Å²) in [4.78, 5) is 11.7. The molecule has 0 aliphatic heterocycles. The van der Waals surface area contributed by atoms with Gasteiger partial charge in [0.05, 0.1) is 11.3 Å². The minimum absolute atomic E-state index is 0.0716. The summed E-state index contributed by atoms with van der Waals surface area (Å²) >= 11 is 0. The van der Waals surface area contributed by atoms with E-state index >= 15 is 0 Å². The van der Waals surface area contributed by atoms with Crippen molar-refractivity contribution in [3.05, 3.63) is 70.9 Å². The van der Waals surface area contributed by atoms with Gasteiger partial charge in [0, 0.05) is 17.1 Å².